The zero-order valence-electron chi connectivity index (χ0n) is 7.75. The molecule has 72 valence electrons. The molecule has 13 heavy (non-hydrogen) atoms. The highest BCUT2D eigenvalue weighted by Gasteiger charge is 2.15. The number of hydrogen-bond donors (Lipinski definition) is 2. The van der Waals surface area contributed by atoms with E-state index in [9.17, 15) is 0 Å². The van der Waals surface area contributed by atoms with Crippen LogP contribution >= 0.6 is 0 Å². The van der Waals surface area contributed by atoms with Gasteiger partial charge >= 0.3 is 0 Å². The summed E-state index contributed by atoms with van der Waals surface area (Å²) in [4.78, 5) is 0. The molecule has 0 atom stereocenters. The quantitative estimate of drug-likeness (QED) is 0.663. The standard InChI is InChI=1S/C10H16N2O/c1(9-5-12-6-9)3-11-7-10-2-4-13-8-10/h2,4,8-9,11-12H,1,3,5-7H2. The summed E-state index contributed by atoms with van der Waals surface area (Å²) < 4.78 is 4.97. The van der Waals surface area contributed by atoms with Crippen LogP contribution in [-0.4, -0.2) is 19.6 Å². The fourth-order valence-corrected chi connectivity index (χ4v) is 1.48. The van der Waals surface area contributed by atoms with Crippen molar-refractivity contribution in [3.8, 4) is 0 Å². The van der Waals surface area contributed by atoms with Crippen molar-refractivity contribution in [2.24, 2.45) is 5.92 Å². The van der Waals surface area contributed by atoms with Crippen molar-refractivity contribution in [1.82, 2.24) is 10.6 Å². The second kappa shape index (κ2) is 4.44. The van der Waals surface area contributed by atoms with Gasteiger partial charge in [0, 0.05) is 12.1 Å². The molecule has 1 aromatic rings. The van der Waals surface area contributed by atoms with E-state index in [4.69, 9.17) is 4.42 Å². The van der Waals surface area contributed by atoms with Gasteiger partial charge in [0.1, 0.15) is 0 Å². The van der Waals surface area contributed by atoms with E-state index in [1.807, 2.05) is 6.07 Å². The molecule has 2 N–H and O–H groups in total. The molecule has 0 bridgehead atoms. The molecule has 0 aliphatic carbocycles. The molecule has 1 aliphatic rings. The summed E-state index contributed by atoms with van der Waals surface area (Å²) in [6.07, 6.45) is 4.79. The highest BCUT2D eigenvalue weighted by molar-refractivity contribution is 5.04. The van der Waals surface area contributed by atoms with Gasteiger partial charge in [-0.25, -0.2) is 0 Å². The van der Waals surface area contributed by atoms with Crippen LogP contribution in [0.2, 0.25) is 0 Å². The minimum Gasteiger partial charge on any atom is -0.472 e. The van der Waals surface area contributed by atoms with E-state index < -0.39 is 0 Å². The second-order valence-corrected chi connectivity index (χ2v) is 3.62. The van der Waals surface area contributed by atoms with Crippen LogP contribution in [0.4, 0.5) is 0 Å². The summed E-state index contributed by atoms with van der Waals surface area (Å²) in [6, 6.07) is 2.00. The molecule has 0 radical (unpaired) electrons. The predicted octanol–water partition coefficient (Wildman–Crippen LogP) is 0.979. The summed E-state index contributed by atoms with van der Waals surface area (Å²) in [7, 11) is 0. The predicted molar refractivity (Wildman–Crippen MR) is 51.4 cm³/mol. The van der Waals surface area contributed by atoms with E-state index in [1.165, 1.54) is 25.1 Å². The maximum atomic E-state index is 4.97. The van der Waals surface area contributed by atoms with E-state index in [1.54, 1.807) is 12.5 Å². The molecular formula is C10H16N2O. The molecule has 1 aromatic heterocycles. The van der Waals surface area contributed by atoms with Gasteiger partial charge in [-0.05, 0) is 38.0 Å². The minimum atomic E-state index is 0.900. The first kappa shape index (κ1) is 8.78. The van der Waals surface area contributed by atoms with Crippen LogP contribution in [0.5, 0.6) is 0 Å². The molecular weight excluding hydrogens is 164 g/mol. The van der Waals surface area contributed by atoms with Crippen LogP contribution in [0, 0.1) is 5.92 Å². The highest BCUT2D eigenvalue weighted by Crippen LogP contribution is 2.06. The minimum absolute atomic E-state index is 0.900. The molecule has 1 fully saturated rings. The Morgan fingerprint density at radius 3 is 3.08 bits per heavy atom. The lowest BCUT2D eigenvalue weighted by atomic mass is 10.00. The Hall–Kier alpha value is -0.800. The molecule has 0 unspecified atom stereocenters. The smallest absolute Gasteiger partial charge is 0.0947 e. The third-order valence-corrected chi connectivity index (χ3v) is 2.50. The van der Waals surface area contributed by atoms with Gasteiger partial charge in [-0.1, -0.05) is 0 Å². The van der Waals surface area contributed by atoms with Crippen LogP contribution < -0.4 is 10.6 Å². The monoisotopic (exact) mass is 180 g/mol. The van der Waals surface area contributed by atoms with Gasteiger partial charge in [-0.15, -0.1) is 0 Å². The summed E-state index contributed by atoms with van der Waals surface area (Å²) in [5.41, 5.74) is 1.23. The normalized spacial score (nSPS) is 17.2. The first-order valence-electron chi connectivity index (χ1n) is 4.87. The van der Waals surface area contributed by atoms with Crippen LogP contribution in [0.1, 0.15) is 12.0 Å². The maximum Gasteiger partial charge on any atom is 0.0947 e. The second-order valence-electron chi connectivity index (χ2n) is 3.62. The van der Waals surface area contributed by atoms with Crippen LogP contribution in [0.15, 0.2) is 23.0 Å². The van der Waals surface area contributed by atoms with Crippen molar-refractivity contribution in [1.29, 1.82) is 0 Å². The molecule has 0 saturated carbocycles. The van der Waals surface area contributed by atoms with Gasteiger partial charge in [0.2, 0.25) is 0 Å². The van der Waals surface area contributed by atoms with Crippen molar-refractivity contribution in [2.45, 2.75) is 13.0 Å². The Kier molecular flexibility index (Phi) is 3.00. The van der Waals surface area contributed by atoms with Crippen molar-refractivity contribution in [3.63, 3.8) is 0 Å². The van der Waals surface area contributed by atoms with Crippen LogP contribution in [-0.2, 0) is 6.54 Å². The molecule has 0 spiro atoms. The molecule has 0 amide bonds. The molecule has 3 heteroatoms. The first-order chi connectivity index (χ1) is 6.45. The van der Waals surface area contributed by atoms with E-state index >= 15 is 0 Å². The van der Waals surface area contributed by atoms with Gasteiger partial charge in [0.05, 0.1) is 12.5 Å². The summed E-state index contributed by atoms with van der Waals surface area (Å²) in [6.45, 7) is 4.44. The first-order valence-corrected chi connectivity index (χ1v) is 4.87. The molecule has 2 rings (SSSR count). The average molecular weight is 180 g/mol. The fourth-order valence-electron chi connectivity index (χ4n) is 1.48. The highest BCUT2D eigenvalue weighted by atomic mass is 16.3. The number of furan rings is 1. The zero-order chi connectivity index (χ0) is 8.93. The van der Waals surface area contributed by atoms with Gasteiger partial charge in [0.25, 0.3) is 0 Å². The third kappa shape index (κ3) is 2.57. The van der Waals surface area contributed by atoms with E-state index in [0.717, 1.165) is 19.0 Å². The number of rotatable bonds is 5. The number of nitrogens with one attached hydrogen (secondary N) is 2. The Balaban J connectivity index is 1.53. The SMILES string of the molecule is c1cc(CNCCC2CNC2)co1. The molecule has 1 saturated heterocycles. The fraction of sp³-hybridized carbons (Fsp3) is 0.600. The van der Waals surface area contributed by atoms with Crippen molar-refractivity contribution in [2.75, 3.05) is 19.6 Å². The van der Waals surface area contributed by atoms with Crippen molar-refractivity contribution < 1.29 is 4.42 Å². The summed E-state index contributed by atoms with van der Waals surface area (Å²) in [5.74, 6) is 0.900. The Labute approximate surface area is 78.5 Å². The molecule has 1 aliphatic heterocycles. The van der Waals surface area contributed by atoms with Crippen LogP contribution in [0.25, 0.3) is 0 Å². The topological polar surface area (TPSA) is 37.2 Å². The lowest BCUT2D eigenvalue weighted by Gasteiger charge is -2.26. The zero-order valence-corrected chi connectivity index (χ0v) is 7.75. The largest absolute Gasteiger partial charge is 0.472 e. The molecule has 0 aromatic carbocycles. The maximum absolute atomic E-state index is 4.97. The number of hydrogen-bond acceptors (Lipinski definition) is 3. The average Bonchev–Trinajstić information content (AvgIpc) is 2.53. The van der Waals surface area contributed by atoms with Gasteiger partial charge in [0.15, 0.2) is 0 Å². The van der Waals surface area contributed by atoms with Gasteiger partial charge in [-0.2, -0.15) is 0 Å². The van der Waals surface area contributed by atoms with Crippen molar-refractivity contribution in [3.05, 3.63) is 24.2 Å². The van der Waals surface area contributed by atoms with E-state index in [2.05, 4.69) is 10.6 Å². The Morgan fingerprint density at radius 1 is 1.54 bits per heavy atom. The van der Waals surface area contributed by atoms with Crippen molar-refractivity contribution >= 4 is 0 Å². The van der Waals surface area contributed by atoms with E-state index in [0.29, 0.717) is 0 Å². The molecule has 3 nitrogen and oxygen atoms in total. The molecule has 2 heterocycles. The van der Waals surface area contributed by atoms with Crippen LogP contribution in [0.3, 0.4) is 0 Å². The van der Waals surface area contributed by atoms with E-state index in [-0.39, 0.29) is 0 Å². The summed E-state index contributed by atoms with van der Waals surface area (Å²) in [5, 5.41) is 6.67. The lowest BCUT2D eigenvalue weighted by Crippen LogP contribution is -2.43. The summed E-state index contributed by atoms with van der Waals surface area (Å²) >= 11 is 0. The van der Waals surface area contributed by atoms with Gasteiger partial charge < -0.3 is 15.1 Å². The third-order valence-electron chi connectivity index (χ3n) is 2.50. The Bertz CT molecular complexity index is 229. The lowest BCUT2D eigenvalue weighted by molar-refractivity contribution is 0.322. The Morgan fingerprint density at radius 2 is 2.46 bits per heavy atom. The van der Waals surface area contributed by atoms with Gasteiger partial charge in [-0.3, -0.25) is 0 Å².